The van der Waals surface area contributed by atoms with Crippen molar-refractivity contribution < 1.29 is 0 Å². The maximum Gasteiger partial charge on any atom is 0.342 e. The number of nitrogens with one attached hydrogen (secondary N) is 3. The standard InChI is InChI=1S/C11H16N4O2/c16-10-9(14-15-11(17)13-10)12-5-8(6-1-2-6)7-3-4-7/h6-8H,1-5H2,(H,12,14)(H2,13,15,16,17). The molecule has 6 heteroatoms. The lowest BCUT2D eigenvalue weighted by Gasteiger charge is -2.15. The molecule has 0 spiro atoms. The van der Waals surface area contributed by atoms with Crippen molar-refractivity contribution in [2.45, 2.75) is 25.7 Å². The minimum atomic E-state index is -0.568. The Morgan fingerprint density at radius 1 is 1.24 bits per heavy atom. The van der Waals surface area contributed by atoms with Gasteiger partial charge in [0.2, 0.25) is 5.82 Å². The number of rotatable bonds is 5. The van der Waals surface area contributed by atoms with Crippen LogP contribution in [-0.4, -0.2) is 21.7 Å². The summed E-state index contributed by atoms with van der Waals surface area (Å²) in [6, 6.07) is 0. The van der Waals surface area contributed by atoms with Crippen LogP contribution in [0.15, 0.2) is 9.59 Å². The van der Waals surface area contributed by atoms with Crippen molar-refractivity contribution in [2.75, 3.05) is 11.9 Å². The first-order chi connectivity index (χ1) is 8.24. The number of aromatic amines is 2. The summed E-state index contributed by atoms with van der Waals surface area (Å²) in [6.07, 6.45) is 5.27. The van der Waals surface area contributed by atoms with Gasteiger partial charge in [-0.05, 0) is 43.4 Å². The zero-order chi connectivity index (χ0) is 11.8. The van der Waals surface area contributed by atoms with Crippen molar-refractivity contribution in [1.82, 2.24) is 15.2 Å². The third kappa shape index (κ3) is 2.40. The molecule has 3 rings (SSSR count). The number of hydrogen-bond acceptors (Lipinski definition) is 4. The first-order valence-corrected chi connectivity index (χ1v) is 6.17. The van der Waals surface area contributed by atoms with Gasteiger partial charge in [-0.1, -0.05) is 0 Å². The van der Waals surface area contributed by atoms with Crippen LogP contribution in [-0.2, 0) is 0 Å². The van der Waals surface area contributed by atoms with E-state index in [1.807, 2.05) is 0 Å². The molecule has 2 aliphatic rings. The third-order valence-electron chi connectivity index (χ3n) is 3.67. The van der Waals surface area contributed by atoms with Crippen molar-refractivity contribution in [3.8, 4) is 0 Å². The Morgan fingerprint density at radius 2 is 1.88 bits per heavy atom. The quantitative estimate of drug-likeness (QED) is 0.686. The van der Waals surface area contributed by atoms with E-state index in [0.29, 0.717) is 5.92 Å². The lowest BCUT2D eigenvalue weighted by molar-refractivity contribution is 0.427. The number of aromatic nitrogens is 3. The van der Waals surface area contributed by atoms with Gasteiger partial charge in [-0.25, -0.2) is 9.89 Å². The Labute approximate surface area is 97.8 Å². The number of hydrogen-bond donors (Lipinski definition) is 3. The Balaban J connectivity index is 1.66. The molecule has 1 heterocycles. The maximum absolute atomic E-state index is 11.4. The van der Waals surface area contributed by atoms with Crippen molar-refractivity contribution in [3.63, 3.8) is 0 Å². The Kier molecular flexibility index (Phi) is 2.49. The van der Waals surface area contributed by atoms with E-state index in [1.165, 1.54) is 25.7 Å². The highest BCUT2D eigenvalue weighted by Gasteiger charge is 2.41. The fourth-order valence-electron chi connectivity index (χ4n) is 2.45. The molecule has 6 nitrogen and oxygen atoms in total. The van der Waals surface area contributed by atoms with E-state index in [9.17, 15) is 9.59 Å². The smallest absolute Gasteiger partial charge is 0.342 e. The van der Waals surface area contributed by atoms with Gasteiger partial charge >= 0.3 is 5.69 Å². The molecule has 1 aromatic heterocycles. The second-order valence-electron chi connectivity index (χ2n) is 5.08. The highest BCUT2D eigenvalue weighted by atomic mass is 16.2. The first kappa shape index (κ1) is 10.6. The largest absolute Gasteiger partial charge is 0.364 e. The molecule has 0 aliphatic heterocycles. The Morgan fingerprint density at radius 3 is 2.41 bits per heavy atom. The Hall–Kier alpha value is -1.59. The average Bonchev–Trinajstić information content (AvgIpc) is 3.15. The van der Waals surface area contributed by atoms with Crippen molar-refractivity contribution in [1.29, 1.82) is 0 Å². The summed E-state index contributed by atoms with van der Waals surface area (Å²) in [5, 5.41) is 9.01. The molecule has 0 amide bonds. The molecule has 3 N–H and O–H groups in total. The molecule has 0 unspecified atom stereocenters. The van der Waals surface area contributed by atoms with Crippen molar-refractivity contribution in [3.05, 3.63) is 20.8 Å². The van der Waals surface area contributed by atoms with Gasteiger partial charge in [-0.2, -0.15) is 0 Å². The molecule has 2 aliphatic carbocycles. The lowest BCUT2D eigenvalue weighted by atomic mass is 9.98. The van der Waals surface area contributed by atoms with Crippen LogP contribution < -0.4 is 16.6 Å². The van der Waals surface area contributed by atoms with E-state index < -0.39 is 11.2 Å². The molecule has 2 saturated carbocycles. The summed E-state index contributed by atoms with van der Waals surface area (Å²) in [5.74, 6) is 2.55. The summed E-state index contributed by atoms with van der Waals surface area (Å²) >= 11 is 0. The molecule has 92 valence electrons. The number of anilines is 1. The van der Waals surface area contributed by atoms with Gasteiger partial charge in [0, 0.05) is 6.54 Å². The average molecular weight is 236 g/mol. The zero-order valence-corrected chi connectivity index (χ0v) is 9.53. The molecule has 2 fully saturated rings. The summed E-state index contributed by atoms with van der Waals surface area (Å²) in [6.45, 7) is 0.789. The number of H-pyrrole nitrogens is 2. The van der Waals surface area contributed by atoms with Crippen LogP contribution in [0.25, 0.3) is 0 Å². The molecule has 0 saturated heterocycles. The van der Waals surface area contributed by atoms with Gasteiger partial charge in [0.25, 0.3) is 5.56 Å². The van der Waals surface area contributed by atoms with E-state index in [0.717, 1.165) is 18.4 Å². The summed E-state index contributed by atoms with van der Waals surface area (Å²) in [4.78, 5) is 24.4. The predicted octanol–water partition coefficient (Wildman–Crippen LogP) is 0.306. The molecule has 1 aromatic rings. The van der Waals surface area contributed by atoms with Crippen molar-refractivity contribution >= 4 is 5.82 Å². The monoisotopic (exact) mass is 236 g/mol. The highest BCUT2D eigenvalue weighted by Crippen LogP contribution is 2.48. The van der Waals surface area contributed by atoms with Gasteiger partial charge < -0.3 is 5.32 Å². The van der Waals surface area contributed by atoms with Gasteiger partial charge in [0.1, 0.15) is 0 Å². The van der Waals surface area contributed by atoms with Gasteiger partial charge in [-0.3, -0.25) is 9.78 Å². The van der Waals surface area contributed by atoms with Crippen LogP contribution in [0.2, 0.25) is 0 Å². The maximum atomic E-state index is 11.4. The highest BCUT2D eigenvalue weighted by molar-refractivity contribution is 5.28. The molecule has 0 radical (unpaired) electrons. The van der Waals surface area contributed by atoms with E-state index in [4.69, 9.17) is 0 Å². The van der Waals surface area contributed by atoms with Gasteiger partial charge in [0.15, 0.2) is 0 Å². The second kappa shape index (κ2) is 4.01. The van der Waals surface area contributed by atoms with E-state index in [-0.39, 0.29) is 5.82 Å². The minimum absolute atomic E-state index is 0.218. The summed E-state index contributed by atoms with van der Waals surface area (Å²) in [7, 11) is 0. The second-order valence-corrected chi connectivity index (χ2v) is 5.08. The molecular formula is C11H16N4O2. The summed E-state index contributed by atoms with van der Waals surface area (Å²) in [5.41, 5.74) is -1.01. The van der Waals surface area contributed by atoms with Crippen LogP contribution in [0.1, 0.15) is 25.7 Å². The van der Waals surface area contributed by atoms with E-state index in [1.54, 1.807) is 0 Å². The minimum Gasteiger partial charge on any atom is -0.364 e. The molecule has 17 heavy (non-hydrogen) atoms. The fraction of sp³-hybridized carbons (Fsp3) is 0.727. The van der Waals surface area contributed by atoms with Crippen molar-refractivity contribution in [2.24, 2.45) is 17.8 Å². The summed E-state index contributed by atoms with van der Waals surface area (Å²) < 4.78 is 0. The van der Waals surface area contributed by atoms with E-state index >= 15 is 0 Å². The zero-order valence-electron chi connectivity index (χ0n) is 9.53. The normalized spacial score (nSPS) is 19.6. The number of nitrogens with zero attached hydrogens (tertiary/aromatic N) is 1. The first-order valence-electron chi connectivity index (χ1n) is 6.17. The SMILES string of the molecule is O=c1[nH]nc(NCC(C2CC2)C2CC2)c(=O)[nH]1. The van der Waals surface area contributed by atoms with Crippen LogP contribution in [0, 0.1) is 17.8 Å². The third-order valence-corrected chi connectivity index (χ3v) is 3.67. The van der Waals surface area contributed by atoms with Crippen LogP contribution in [0.4, 0.5) is 5.82 Å². The molecular weight excluding hydrogens is 220 g/mol. The molecule has 0 aromatic carbocycles. The fourth-order valence-corrected chi connectivity index (χ4v) is 2.45. The Bertz CT molecular complexity index is 501. The van der Waals surface area contributed by atoms with Crippen LogP contribution in [0.3, 0.4) is 0 Å². The molecule has 0 bridgehead atoms. The van der Waals surface area contributed by atoms with Crippen LogP contribution >= 0.6 is 0 Å². The van der Waals surface area contributed by atoms with Gasteiger partial charge in [-0.15, -0.1) is 5.10 Å². The van der Waals surface area contributed by atoms with Crippen LogP contribution in [0.5, 0.6) is 0 Å². The topological polar surface area (TPSA) is 90.6 Å². The van der Waals surface area contributed by atoms with Gasteiger partial charge in [0.05, 0.1) is 0 Å². The van der Waals surface area contributed by atoms with E-state index in [2.05, 4.69) is 20.5 Å². The predicted molar refractivity (Wildman–Crippen MR) is 62.9 cm³/mol. The lowest BCUT2D eigenvalue weighted by Crippen LogP contribution is -2.29. The molecule has 0 atom stereocenters.